The second kappa shape index (κ2) is 8.51. The van der Waals surface area contributed by atoms with Crippen molar-refractivity contribution in [2.24, 2.45) is 0 Å². The molecular formula is C21H24F3N3O3. The van der Waals surface area contributed by atoms with Crippen LogP contribution in [0, 0.1) is 13.8 Å². The average molecular weight is 423 g/mol. The first-order valence-corrected chi connectivity index (χ1v) is 9.57. The lowest BCUT2D eigenvalue weighted by Crippen LogP contribution is -2.48. The number of methoxy groups -OCH3 is 1. The van der Waals surface area contributed by atoms with Crippen molar-refractivity contribution in [3.63, 3.8) is 0 Å². The van der Waals surface area contributed by atoms with E-state index in [1.165, 1.54) is 13.2 Å². The van der Waals surface area contributed by atoms with E-state index in [4.69, 9.17) is 4.74 Å². The van der Waals surface area contributed by atoms with Crippen LogP contribution in [-0.4, -0.2) is 61.5 Å². The van der Waals surface area contributed by atoms with Gasteiger partial charge >= 0.3 is 12.1 Å². The Kier molecular flexibility index (Phi) is 6.21. The van der Waals surface area contributed by atoms with Gasteiger partial charge in [0, 0.05) is 37.6 Å². The molecule has 0 amide bonds. The first kappa shape index (κ1) is 21.9. The van der Waals surface area contributed by atoms with Gasteiger partial charge in [-0.05, 0) is 37.6 Å². The number of carbonyl (C=O) groups is 2. The number of piperazine rings is 1. The standard InChI is InChI=1S/C21H24F3N3O3/c1-13-18(20(29)30-3)14(2)25-19(13)17(28)12-26-7-9-27(10-8-26)16-6-4-5-15(11-16)21(22,23)24/h4-6,11,25H,7-10,12H2,1-3H3. The Hall–Kier alpha value is -2.81. The van der Waals surface area contributed by atoms with Gasteiger partial charge in [0.2, 0.25) is 0 Å². The number of esters is 1. The predicted molar refractivity (Wildman–Crippen MR) is 106 cm³/mol. The first-order valence-electron chi connectivity index (χ1n) is 9.57. The molecule has 1 fully saturated rings. The van der Waals surface area contributed by atoms with E-state index >= 15 is 0 Å². The molecule has 6 nitrogen and oxygen atoms in total. The molecule has 1 N–H and O–H groups in total. The van der Waals surface area contributed by atoms with Gasteiger partial charge in [0.15, 0.2) is 5.78 Å². The van der Waals surface area contributed by atoms with Crippen LogP contribution in [0.4, 0.5) is 18.9 Å². The molecule has 0 bridgehead atoms. The minimum Gasteiger partial charge on any atom is -0.465 e. The zero-order valence-corrected chi connectivity index (χ0v) is 17.1. The summed E-state index contributed by atoms with van der Waals surface area (Å²) in [6, 6.07) is 5.28. The fourth-order valence-corrected chi connectivity index (χ4v) is 3.76. The first-order chi connectivity index (χ1) is 14.1. The van der Waals surface area contributed by atoms with Crippen LogP contribution in [0.25, 0.3) is 0 Å². The van der Waals surface area contributed by atoms with Gasteiger partial charge in [-0.15, -0.1) is 0 Å². The number of aromatic nitrogens is 1. The molecule has 1 aromatic carbocycles. The van der Waals surface area contributed by atoms with Crippen molar-refractivity contribution in [2.75, 3.05) is 44.7 Å². The van der Waals surface area contributed by atoms with Crippen LogP contribution < -0.4 is 4.90 Å². The third-order valence-corrected chi connectivity index (χ3v) is 5.38. The molecule has 30 heavy (non-hydrogen) atoms. The number of nitrogens with zero attached hydrogens (tertiary/aromatic N) is 2. The number of rotatable bonds is 5. The van der Waals surface area contributed by atoms with Crippen LogP contribution in [0.1, 0.15) is 37.7 Å². The number of Topliss-reactive ketones (excluding diaryl/α,β-unsaturated/α-hetero) is 1. The lowest BCUT2D eigenvalue weighted by atomic mass is 10.1. The van der Waals surface area contributed by atoms with Gasteiger partial charge in [-0.1, -0.05) is 6.07 Å². The largest absolute Gasteiger partial charge is 0.465 e. The summed E-state index contributed by atoms with van der Waals surface area (Å²) in [4.78, 5) is 31.5. The van der Waals surface area contributed by atoms with E-state index in [0.29, 0.717) is 54.4 Å². The highest BCUT2D eigenvalue weighted by atomic mass is 19.4. The highest BCUT2D eigenvalue weighted by Crippen LogP contribution is 2.32. The smallest absolute Gasteiger partial charge is 0.416 e. The maximum atomic E-state index is 12.9. The molecule has 1 aliphatic heterocycles. The number of carbonyl (C=O) groups excluding carboxylic acids is 2. The van der Waals surface area contributed by atoms with E-state index in [0.717, 1.165) is 12.1 Å². The molecule has 0 spiro atoms. The number of hydrogen-bond acceptors (Lipinski definition) is 5. The van der Waals surface area contributed by atoms with Crippen molar-refractivity contribution in [3.05, 3.63) is 52.3 Å². The Morgan fingerprint density at radius 2 is 1.80 bits per heavy atom. The third-order valence-electron chi connectivity index (χ3n) is 5.38. The molecule has 1 saturated heterocycles. The van der Waals surface area contributed by atoms with Gasteiger partial charge in [-0.25, -0.2) is 4.79 Å². The molecule has 2 heterocycles. The number of anilines is 1. The number of ether oxygens (including phenoxy) is 1. The number of ketones is 1. The van der Waals surface area contributed by atoms with Crippen LogP contribution in [0.15, 0.2) is 24.3 Å². The Bertz CT molecular complexity index is 945. The third kappa shape index (κ3) is 4.51. The second-order valence-corrected chi connectivity index (χ2v) is 7.35. The molecule has 0 saturated carbocycles. The van der Waals surface area contributed by atoms with Crippen LogP contribution in [0.3, 0.4) is 0 Å². The zero-order valence-electron chi connectivity index (χ0n) is 17.1. The number of halogens is 3. The molecule has 3 rings (SSSR count). The van der Waals surface area contributed by atoms with Crippen molar-refractivity contribution in [3.8, 4) is 0 Å². The lowest BCUT2D eigenvalue weighted by Gasteiger charge is -2.36. The zero-order chi connectivity index (χ0) is 22.1. The highest BCUT2D eigenvalue weighted by Gasteiger charge is 2.31. The van der Waals surface area contributed by atoms with Gasteiger partial charge in [-0.2, -0.15) is 13.2 Å². The average Bonchev–Trinajstić information content (AvgIpc) is 3.01. The van der Waals surface area contributed by atoms with Gasteiger partial charge < -0.3 is 14.6 Å². The normalized spacial score (nSPS) is 15.3. The minimum atomic E-state index is -4.38. The van der Waals surface area contributed by atoms with Crippen LogP contribution in [0.5, 0.6) is 0 Å². The number of aryl methyl sites for hydroxylation is 1. The molecule has 2 aromatic rings. The number of hydrogen-bond donors (Lipinski definition) is 1. The Morgan fingerprint density at radius 1 is 1.13 bits per heavy atom. The van der Waals surface area contributed by atoms with E-state index in [1.54, 1.807) is 19.9 Å². The predicted octanol–water partition coefficient (Wildman–Crippen LogP) is 3.44. The molecule has 162 valence electrons. The second-order valence-electron chi connectivity index (χ2n) is 7.35. The fraction of sp³-hybridized carbons (Fsp3) is 0.429. The van der Waals surface area contributed by atoms with E-state index in [2.05, 4.69) is 4.98 Å². The van der Waals surface area contributed by atoms with Crippen LogP contribution >= 0.6 is 0 Å². The van der Waals surface area contributed by atoms with Crippen molar-refractivity contribution in [1.29, 1.82) is 0 Å². The lowest BCUT2D eigenvalue weighted by molar-refractivity contribution is -0.137. The molecule has 0 unspecified atom stereocenters. The summed E-state index contributed by atoms with van der Waals surface area (Å²) in [5.74, 6) is -0.631. The van der Waals surface area contributed by atoms with Crippen molar-refractivity contribution >= 4 is 17.4 Å². The summed E-state index contributed by atoms with van der Waals surface area (Å²) in [5, 5.41) is 0. The van der Waals surface area contributed by atoms with Gasteiger partial charge in [0.05, 0.1) is 30.5 Å². The number of H-pyrrole nitrogens is 1. The Morgan fingerprint density at radius 3 is 2.40 bits per heavy atom. The van der Waals surface area contributed by atoms with Gasteiger partial charge in [-0.3, -0.25) is 9.69 Å². The maximum Gasteiger partial charge on any atom is 0.416 e. The monoisotopic (exact) mass is 423 g/mol. The summed E-state index contributed by atoms with van der Waals surface area (Å²) >= 11 is 0. The number of alkyl halides is 3. The number of nitrogens with one attached hydrogen (secondary N) is 1. The molecule has 9 heteroatoms. The molecular weight excluding hydrogens is 399 g/mol. The van der Waals surface area contributed by atoms with Crippen molar-refractivity contribution in [2.45, 2.75) is 20.0 Å². The summed E-state index contributed by atoms with van der Waals surface area (Å²) in [6.45, 7) is 5.71. The molecule has 1 aliphatic rings. The topological polar surface area (TPSA) is 65.6 Å². The molecule has 0 aliphatic carbocycles. The van der Waals surface area contributed by atoms with E-state index in [1.807, 2.05) is 9.80 Å². The summed E-state index contributed by atoms with van der Waals surface area (Å²) in [7, 11) is 1.29. The van der Waals surface area contributed by atoms with Gasteiger partial charge in [0.1, 0.15) is 0 Å². The molecule has 1 aromatic heterocycles. The molecule has 0 atom stereocenters. The minimum absolute atomic E-state index is 0.140. The highest BCUT2D eigenvalue weighted by molar-refractivity contribution is 6.02. The summed E-state index contributed by atoms with van der Waals surface area (Å²) in [6.07, 6.45) is -4.38. The van der Waals surface area contributed by atoms with Gasteiger partial charge in [0.25, 0.3) is 0 Å². The van der Waals surface area contributed by atoms with Crippen molar-refractivity contribution < 1.29 is 27.5 Å². The SMILES string of the molecule is COC(=O)c1c(C)[nH]c(C(=O)CN2CCN(c3cccc(C(F)(F)F)c3)CC2)c1C. The Balaban J connectivity index is 1.63. The summed E-state index contributed by atoms with van der Waals surface area (Å²) in [5.41, 5.74) is 1.75. The number of benzene rings is 1. The number of aromatic amines is 1. The maximum absolute atomic E-state index is 12.9. The quantitative estimate of drug-likeness (QED) is 0.590. The Labute approximate surface area is 172 Å². The van der Waals surface area contributed by atoms with Crippen LogP contribution in [-0.2, 0) is 10.9 Å². The fourth-order valence-electron chi connectivity index (χ4n) is 3.76. The van der Waals surface area contributed by atoms with Crippen molar-refractivity contribution in [1.82, 2.24) is 9.88 Å². The van der Waals surface area contributed by atoms with E-state index in [-0.39, 0.29) is 12.3 Å². The molecule has 0 radical (unpaired) electrons. The van der Waals surface area contributed by atoms with E-state index in [9.17, 15) is 22.8 Å². The summed E-state index contributed by atoms with van der Waals surface area (Å²) < 4.78 is 43.6. The van der Waals surface area contributed by atoms with E-state index < -0.39 is 17.7 Å². The van der Waals surface area contributed by atoms with Crippen LogP contribution in [0.2, 0.25) is 0 Å².